The Kier molecular flexibility index (Phi) is 7.37. The van der Waals surface area contributed by atoms with Gasteiger partial charge in [0.25, 0.3) is 15.9 Å². The van der Waals surface area contributed by atoms with Crippen molar-refractivity contribution in [3.8, 4) is 11.5 Å². The number of nitrogens with one attached hydrogen (secondary N) is 2. The predicted molar refractivity (Wildman–Crippen MR) is 125 cm³/mol. The Hall–Kier alpha value is -3.52. The molecule has 0 aliphatic carbocycles. The molecule has 3 aromatic rings. The molecular weight excluding hydrogens is 428 g/mol. The first-order chi connectivity index (χ1) is 15.3. The minimum absolute atomic E-state index is 0.0229. The SMILES string of the molecule is COc1ccc(NS(=O)(=O)c2cccc(C(=O)Nc3ccccc3OCC(C)C)c2)cc1. The zero-order valence-electron chi connectivity index (χ0n) is 18.2. The van der Waals surface area contributed by atoms with Crippen molar-refractivity contribution in [1.82, 2.24) is 0 Å². The van der Waals surface area contributed by atoms with E-state index < -0.39 is 15.9 Å². The highest BCUT2D eigenvalue weighted by Crippen LogP contribution is 2.25. The maximum atomic E-state index is 12.8. The molecule has 0 aromatic heterocycles. The molecular formula is C24H26N2O5S. The van der Waals surface area contributed by atoms with Crippen LogP contribution < -0.4 is 19.5 Å². The molecule has 0 aliphatic heterocycles. The molecule has 7 nitrogen and oxygen atoms in total. The van der Waals surface area contributed by atoms with Crippen LogP contribution in [-0.2, 0) is 10.0 Å². The largest absolute Gasteiger partial charge is 0.497 e. The zero-order valence-corrected chi connectivity index (χ0v) is 19.0. The lowest BCUT2D eigenvalue weighted by atomic mass is 10.2. The molecule has 0 aliphatic rings. The normalized spacial score (nSPS) is 11.1. The van der Waals surface area contributed by atoms with Gasteiger partial charge in [0.2, 0.25) is 0 Å². The lowest BCUT2D eigenvalue weighted by Gasteiger charge is -2.14. The number of methoxy groups -OCH3 is 1. The number of rotatable bonds is 9. The van der Waals surface area contributed by atoms with E-state index in [2.05, 4.69) is 10.0 Å². The van der Waals surface area contributed by atoms with Crippen molar-refractivity contribution in [2.45, 2.75) is 18.7 Å². The highest BCUT2D eigenvalue weighted by molar-refractivity contribution is 7.92. The molecule has 0 saturated heterocycles. The van der Waals surface area contributed by atoms with Crippen LogP contribution in [-0.4, -0.2) is 28.0 Å². The Morgan fingerprint density at radius 2 is 1.69 bits per heavy atom. The van der Waals surface area contributed by atoms with E-state index in [4.69, 9.17) is 9.47 Å². The smallest absolute Gasteiger partial charge is 0.261 e. The first kappa shape index (κ1) is 23.1. The molecule has 2 N–H and O–H groups in total. The fraction of sp³-hybridized carbons (Fsp3) is 0.208. The van der Waals surface area contributed by atoms with Gasteiger partial charge in [-0.15, -0.1) is 0 Å². The van der Waals surface area contributed by atoms with Gasteiger partial charge in [-0.2, -0.15) is 0 Å². The average Bonchev–Trinajstić information content (AvgIpc) is 2.79. The van der Waals surface area contributed by atoms with Crippen LogP contribution in [0.25, 0.3) is 0 Å². The number of sulfonamides is 1. The summed E-state index contributed by atoms with van der Waals surface area (Å²) in [5.74, 6) is 1.06. The summed E-state index contributed by atoms with van der Waals surface area (Å²) in [5.41, 5.74) is 1.11. The Balaban J connectivity index is 1.77. The van der Waals surface area contributed by atoms with Gasteiger partial charge in [0, 0.05) is 11.3 Å². The van der Waals surface area contributed by atoms with Crippen LogP contribution >= 0.6 is 0 Å². The van der Waals surface area contributed by atoms with E-state index in [0.29, 0.717) is 35.4 Å². The van der Waals surface area contributed by atoms with Crippen LogP contribution in [0, 0.1) is 5.92 Å². The van der Waals surface area contributed by atoms with Crippen LogP contribution in [0.15, 0.2) is 77.7 Å². The van der Waals surface area contributed by atoms with E-state index in [9.17, 15) is 13.2 Å². The summed E-state index contributed by atoms with van der Waals surface area (Å²) in [5, 5.41) is 2.80. The van der Waals surface area contributed by atoms with Crippen molar-refractivity contribution in [2.24, 2.45) is 5.92 Å². The summed E-state index contributed by atoms with van der Waals surface area (Å²) in [6.07, 6.45) is 0. The Morgan fingerprint density at radius 1 is 0.969 bits per heavy atom. The van der Waals surface area contributed by atoms with E-state index in [1.807, 2.05) is 19.9 Å². The summed E-state index contributed by atoms with van der Waals surface area (Å²) >= 11 is 0. The summed E-state index contributed by atoms with van der Waals surface area (Å²) in [6, 6.07) is 19.5. The molecule has 8 heteroatoms. The van der Waals surface area contributed by atoms with Crippen LogP contribution in [0.2, 0.25) is 0 Å². The molecule has 0 bridgehead atoms. The van der Waals surface area contributed by atoms with Gasteiger partial charge in [0.15, 0.2) is 0 Å². The first-order valence-electron chi connectivity index (χ1n) is 10.1. The number of amides is 1. The van der Waals surface area contributed by atoms with E-state index in [-0.39, 0.29) is 10.5 Å². The fourth-order valence-electron chi connectivity index (χ4n) is 2.82. The second-order valence-corrected chi connectivity index (χ2v) is 9.20. The van der Waals surface area contributed by atoms with Crippen molar-refractivity contribution in [3.05, 3.63) is 78.4 Å². The molecule has 0 atom stereocenters. The van der Waals surface area contributed by atoms with Gasteiger partial charge >= 0.3 is 0 Å². The van der Waals surface area contributed by atoms with Gasteiger partial charge in [0.1, 0.15) is 11.5 Å². The molecule has 1 amide bonds. The third kappa shape index (κ3) is 6.01. The van der Waals surface area contributed by atoms with Crippen molar-refractivity contribution in [2.75, 3.05) is 23.8 Å². The molecule has 0 heterocycles. The molecule has 3 aromatic carbocycles. The number of benzene rings is 3. The Morgan fingerprint density at radius 3 is 2.38 bits per heavy atom. The van der Waals surface area contributed by atoms with Gasteiger partial charge in [-0.05, 0) is 60.5 Å². The molecule has 3 rings (SSSR count). The summed E-state index contributed by atoms with van der Waals surface area (Å²) in [7, 11) is -2.35. The molecule has 168 valence electrons. The standard InChI is InChI=1S/C24H26N2O5S/c1-17(2)16-31-23-10-5-4-9-22(23)25-24(27)18-7-6-8-21(15-18)32(28,29)26-19-11-13-20(30-3)14-12-19/h4-15,17,26H,16H2,1-3H3,(H,25,27). The molecule has 0 saturated carbocycles. The van der Waals surface area contributed by atoms with Crippen molar-refractivity contribution in [1.29, 1.82) is 0 Å². The molecule has 0 radical (unpaired) electrons. The van der Waals surface area contributed by atoms with Crippen LogP contribution in [0.3, 0.4) is 0 Å². The summed E-state index contributed by atoms with van der Waals surface area (Å²) < 4.78 is 38.9. The van der Waals surface area contributed by atoms with Gasteiger partial charge in [-0.3, -0.25) is 9.52 Å². The second-order valence-electron chi connectivity index (χ2n) is 7.52. The number of hydrogen-bond acceptors (Lipinski definition) is 5. The Bertz CT molecular complexity index is 1180. The summed E-state index contributed by atoms with van der Waals surface area (Å²) in [6.45, 7) is 4.58. The highest BCUT2D eigenvalue weighted by Gasteiger charge is 2.17. The van der Waals surface area contributed by atoms with Crippen LogP contribution in [0.4, 0.5) is 11.4 Å². The van der Waals surface area contributed by atoms with E-state index in [1.54, 1.807) is 48.5 Å². The van der Waals surface area contributed by atoms with E-state index in [1.165, 1.54) is 25.3 Å². The number of anilines is 2. The molecule has 0 spiro atoms. The monoisotopic (exact) mass is 454 g/mol. The number of carbonyl (C=O) groups excluding carboxylic acids is 1. The number of ether oxygens (including phenoxy) is 2. The topological polar surface area (TPSA) is 93.7 Å². The quantitative estimate of drug-likeness (QED) is 0.485. The molecule has 0 fully saturated rings. The van der Waals surface area contributed by atoms with Gasteiger partial charge < -0.3 is 14.8 Å². The highest BCUT2D eigenvalue weighted by atomic mass is 32.2. The van der Waals surface area contributed by atoms with Gasteiger partial charge in [-0.25, -0.2) is 8.42 Å². The lowest BCUT2D eigenvalue weighted by molar-refractivity contribution is 0.102. The van der Waals surface area contributed by atoms with Crippen molar-refractivity contribution < 1.29 is 22.7 Å². The van der Waals surface area contributed by atoms with Crippen molar-refractivity contribution >= 4 is 27.3 Å². The number of hydrogen-bond donors (Lipinski definition) is 2. The van der Waals surface area contributed by atoms with Crippen molar-refractivity contribution in [3.63, 3.8) is 0 Å². The van der Waals surface area contributed by atoms with E-state index in [0.717, 1.165) is 0 Å². The summed E-state index contributed by atoms with van der Waals surface area (Å²) in [4.78, 5) is 12.8. The maximum absolute atomic E-state index is 12.8. The van der Waals surface area contributed by atoms with E-state index >= 15 is 0 Å². The first-order valence-corrected chi connectivity index (χ1v) is 11.6. The van der Waals surface area contributed by atoms with Gasteiger partial charge in [-0.1, -0.05) is 32.0 Å². The molecule has 32 heavy (non-hydrogen) atoms. The molecule has 0 unspecified atom stereocenters. The fourth-order valence-corrected chi connectivity index (χ4v) is 3.93. The van der Waals surface area contributed by atoms with Crippen LogP contribution in [0.5, 0.6) is 11.5 Å². The zero-order chi connectivity index (χ0) is 23.1. The minimum atomic E-state index is -3.88. The Labute approximate surface area is 188 Å². The van der Waals surface area contributed by atoms with Crippen LogP contribution in [0.1, 0.15) is 24.2 Å². The number of para-hydroxylation sites is 2. The lowest BCUT2D eigenvalue weighted by Crippen LogP contribution is -2.16. The maximum Gasteiger partial charge on any atom is 0.261 e. The third-order valence-electron chi connectivity index (χ3n) is 4.46. The average molecular weight is 455 g/mol. The predicted octanol–water partition coefficient (Wildman–Crippen LogP) is 4.78. The second kappa shape index (κ2) is 10.2. The minimum Gasteiger partial charge on any atom is -0.497 e. The number of carbonyl (C=O) groups is 1. The third-order valence-corrected chi connectivity index (χ3v) is 5.84. The van der Waals surface area contributed by atoms with Gasteiger partial charge in [0.05, 0.1) is 24.3 Å².